The van der Waals surface area contributed by atoms with E-state index in [2.05, 4.69) is 0 Å². The van der Waals surface area contributed by atoms with Crippen LogP contribution in [-0.2, 0) is 9.59 Å². The Kier molecular flexibility index (Phi) is 5.03. The number of rotatable bonds is 5. The lowest BCUT2D eigenvalue weighted by Crippen LogP contribution is -2.41. The number of piperidine rings is 1. The number of nitrogens with zero attached hydrogens (tertiary/aromatic N) is 1. The van der Waals surface area contributed by atoms with E-state index in [9.17, 15) is 9.59 Å². The van der Waals surface area contributed by atoms with E-state index in [0.29, 0.717) is 43.2 Å². The monoisotopic (exact) mass is 293 g/mol. The third kappa shape index (κ3) is 3.65. The van der Waals surface area contributed by atoms with Gasteiger partial charge in [0.25, 0.3) is 5.91 Å². The van der Waals surface area contributed by atoms with Gasteiger partial charge in [-0.3, -0.25) is 9.59 Å². The molecule has 2 rings (SSSR count). The van der Waals surface area contributed by atoms with Gasteiger partial charge in [0.1, 0.15) is 5.78 Å². The number of ketones is 1. The lowest BCUT2D eigenvalue weighted by atomic mass is 10.1. The number of likely N-dealkylation sites (tertiary alicyclic amines) is 1. The predicted molar refractivity (Wildman–Crippen MR) is 75.9 cm³/mol. The number of hydrogen-bond acceptors (Lipinski definition) is 5. The summed E-state index contributed by atoms with van der Waals surface area (Å²) in [5.41, 5.74) is 0. The van der Waals surface area contributed by atoms with Gasteiger partial charge in [-0.1, -0.05) is 6.07 Å². The number of carbonyl (C=O) groups excluding carboxylic acids is 2. The van der Waals surface area contributed by atoms with Gasteiger partial charge in [0, 0.05) is 25.9 Å². The number of benzene rings is 1. The Labute approximate surface area is 123 Å². The molecule has 114 valence electrons. The van der Waals surface area contributed by atoms with Crippen LogP contribution >= 0.6 is 0 Å². The Morgan fingerprint density at radius 1 is 1.14 bits per heavy atom. The van der Waals surface area contributed by atoms with Gasteiger partial charge in [0.2, 0.25) is 5.75 Å². The molecule has 0 aromatic heterocycles. The van der Waals surface area contributed by atoms with Gasteiger partial charge in [-0.25, -0.2) is 0 Å². The van der Waals surface area contributed by atoms with Crippen LogP contribution in [0.2, 0.25) is 0 Å². The highest BCUT2D eigenvalue weighted by Crippen LogP contribution is 2.36. The summed E-state index contributed by atoms with van der Waals surface area (Å²) < 4.78 is 16.0. The molecule has 0 bridgehead atoms. The number of Topliss-reactive ketones (excluding diaryl/α,β-unsaturated/α-hetero) is 1. The smallest absolute Gasteiger partial charge is 0.260 e. The van der Waals surface area contributed by atoms with Gasteiger partial charge in [-0.15, -0.1) is 0 Å². The van der Waals surface area contributed by atoms with Gasteiger partial charge in [0.05, 0.1) is 14.2 Å². The number of amides is 1. The average Bonchev–Trinajstić information content (AvgIpc) is 2.52. The van der Waals surface area contributed by atoms with Gasteiger partial charge in [-0.05, 0) is 12.1 Å². The summed E-state index contributed by atoms with van der Waals surface area (Å²) in [6, 6.07) is 5.26. The summed E-state index contributed by atoms with van der Waals surface area (Å²) in [5, 5.41) is 0. The van der Waals surface area contributed by atoms with Crippen molar-refractivity contribution in [2.24, 2.45) is 0 Å². The van der Waals surface area contributed by atoms with Crippen LogP contribution in [-0.4, -0.2) is 50.5 Å². The second-order valence-electron chi connectivity index (χ2n) is 4.70. The maximum absolute atomic E-state index is 12.1. The fourth-order valence-electron chi connectivity index (χ4n) is 2.19. The average molecular weight is 293 g/mol. The molecule has 1 aromatic carbocycles. The maximum atomic E-state index is 12.1. The summed E-state index contributed by atoms with van der Waals surface area (Å²) in [6.45, 7) is 0.819. The second kappa shape index (κ2) is 6.97. The Balaban J connectivity index is 1.99. The van der Waals surface area contributed by atoms with Crippen molar-refractivity contribution >= 4 is 11.7 Å². The van der Waals surface area contributed by atoms with Crippen molar-refractivity contribution in [2.45, 2.75) is 12.8 Å². The van der Waals surface area contributed by atoms with Gasteiger partial charge < -0.3 is 19.1 Å². The fourth-order valence-corrected chi connectivity index (χ4v) is 2.19. The topological polar surface area (TPSA) is 65.1 Å². The van der Waals surface area contributed by atoms with Gasteiger partial charge >= 0.3 is 0 Å². The van der Waals surface area contributed by atoms with E-state index in [1.807, 2.05) is 0 Å². The van der Waals surface area contributed by atoms with Crippen molar-refractivity contribution in [1.29, 1.82) is 0 Å². The number of ether oxygens (including phenoxy) is 3. The zero-order chi connectivity index (χ0) is 15.2. The van der Waals surface area contributed by atoms with Crippen molar-refractivity contribution < 1.29 is 23.8 Å². The molecule has 0 unspecified atom stereocenters. The van der Waals surface area contributed by atoms with Crippen molar-refractivity contribution in [3.05, 3.63) is 18.2 Å². The maximum Gasteiger partial charge on any atom is 0.260 e. The molecule has 1 saturated heterocycles. The third-order valence-corrected chi connectivity index (χ3v) is 3.40. The Morgan fingerprint density at radius 3 is 2.24 bits per heavy atom. The van der Waals surface area contributed by atoms with Crippen LogP contribution < -0.4 is 14.2 Å². The SMILES string of the molecule is COc1cccc(OC)c1OCC(=O)N1CCC(=O)CC1. The summed E-state index contributed by atoms with van der Waals surface area (Å²) in [4.78, 5) is 24.9. The molecule has 6 nitrogen and oxygen atoms in total. The summed E-state index contributed by atoms with van der Waals surface area (Å²) in [6.07, 6.45) is 0.841. The van der Waals surface area contributed by atoms with Crippen LogP contribution in [0.15, 0.2) is 18.2 Å². The molecule has 0 atom stereocenters. The van der Waals surface area contributed by atoms with E-state index >= 15 is 0 Å². The van der Waals surface area contributed by atoms with E-state index in [4.69, 9.17) is 14.2 Å². The van der Waals surface area contributed by atoms with Crippen molar-refractivity contribution in [2.75, 3.05) is 33.9 Å². The molecule has 1 amide bonds. The van der Waals surface area contributed by atoms with Crippen molar-refractivity contribution in [3.63, 3.8) is 0 Å². The minimum absolute atomic E-state index is 0.106. The number of methoxy groups -OCH3 is 2. The van der Waals surface area contributed by atoms with Crippen LogP contribution in [0.3, 0.4) is 0 Å². The largest absolute Gasteiger partial charge is 0.493 e. The van der Waals surface area contributed by atoms with E-state index in [0.717, 1.165) is 0 Å². The highest BCUT2D eigenvalue weighted by molar-refractivity contribution is 5.84. The minimum atomic E-state index is -0.143. The van der Waals surface area contributed by atoms with Gasteiger partial charge in [0.15, 0.2) is 18.1 Å². The molecule has 1 aliphatic heterocycles. The number of para-hydroxylation sites is 1. The van der Waals surface area contributed by atoms with Crippen LogP contribution in [0.1, 0.15) is 12.8 Å². The van der Waals surface area contributed by atoms with E-state index < -0.39 is 0 Å². The first-order chi connectivity index (χ1) is 10.2. The molecule has 21 heavy (non-hydrogen) atoms. The lowest BCUT2D eigenvalue weighted by Gasteiger charge is -2.26. The van der Waals surface area contributed by atoms with Crippen molar-refractivity contribution in [1.82, 2.24) is 4.90 Å². The Morgan fingerprint density at radius 2 is 1.71 bits per heavy atom. The van der Waals surface area contributed by atoms with Crippen LogP contribution in [0.5, 0.6) is 17.2 Å². The first-order valence-electron chi connectivity index (χ1n) is 6.79. The zero-order valence-electron chi connectivity index (χ0n) is 12.3. The summed E-state index contributed by atoms with van der Waals surface area (Å²) in [7, 11) is 3.05. The van der Waals surface area contributed by atoms with E-state index in [1.165, 1.54) is 14.2 Å². The predicted octanol–water partition coefficient (Wildman–Crippen LogP) is 1.27. The molecular weight excluding hydrogens is 274 g/mol. The third-order valence-electron chi connectivity index (χ3n) is 3.40. The quantitative estimate of drug-likeness (QED) is 0.818. The second-order valence-corrected chi connectivity index (χ2v) is 4.70. The molecule has 1 fully saturated rings. The number of carbonyl (C=O) groups is 2. The molecule has 1 aromatic rings. The minimum Gasteiger partial charge on any atom is -0.493 e. The first kappa shape index (κ1) is 15.2. The molecular formula is C15H19NO5. The van der Waals surface area contributed by atoms with Crippen LogP contribution in [0.4, 0.5) is 0 Å². The van der Waals surface area contributed by atoms with Crippen molar-refractivity contribution in [3.8, 4) is 17.2 Å². The summed E-state index contributed by atoms with van der Waals surface area (Å²) in [5.74, 6) is 1.48. The molecule has 1 aliphatic rings. The normalized spacial score (nSPS) is 14.8. The highest BCUT2D eigenvalue weighted by Gasteiger charge is 2.22. The first-order valence-corrected chi connectivity index (χ1v) is 6.79. The van der Waals surface area contributed by atoms with Gasteiger partial charge in [-0.2, -0.15) is 0 Å². The number of hydrogen-bond donors (Lipinski definition) is 0. The Hall–Kier alpha value is -2.24. The molecule has 0 spiro atoms. The highest BCUT2D eigenvalue weighted by atomic mass is 16.5. The molecule has 0 radical (unpaired) electrons. The van der Waals surface area contributed by atoms with E-state index in [-0.39, 0.29) is 18.3 Å². The lowest BCUT2D eigenvalue weighted by molar-refractivity contribution is -0.136. The molecule has 0 aliphatic carbocycles. The molecule has 0 saturated carbocycles. The van der Waals surface area contributed by atoms with Crippen LogP contribution in [0, 0.1) is 0 Å². The van der Waals surface area contributed by atoms with Crippen LogP contribution in [0.25, 0.3) is 0 Å². The molecule has 1 heterocycles. The summed E-state index contributed by atoms with van der Waals surface area (Å²) >= 11 is 0. The van der Waals surface area contributed by atoms with E-state index in [1.54, 1.807) is 23.1 Å². The zero-order valence-corrected chi connectivity index (χ0v) is 12.3. The Bertz CT molecular complexity index is 497. The fraction of sp³-hybridized carbons (Fsp3) is 0.467. The molecule has 0 N–H and O–H groups in total. The standard InChI is InChI=1S/C15H19NO5/c1-19-12-4-3-5-13(20-2)15(12)21-10-14(18)16-8-6-11(17)7-9-16/h3-5H,6-10H2,1-2H3. The molecule has 6 heteroatoms.